The molecule has 1 fully saturated rings. The number of halogens is 1. The maximum atomic E-state index is 6.20. The van der Waals surface area contributed by atoms with E-state index in [1.807, 2.05) is 25.1 Å². The van der Waals surface area contributed by atoms with Crippen LogP contribution in [0.5, 0.6) is 0 Å². The topological polar surface area (TPSA) is 41.1 Å². The van der Waals surface area contributed by atoms with Gasteiger partial charge >= 0.3 is 0 Å². The van der Waals surface area contributed by atoms with Gasteiger partial charge in [-0.1, -0.05) is 13.8 Å². The van der Waals surface area contributed by atoms with Crippen molar-refractivity contribution in [2.24, 2.45) is 5.41 Å². The number of anilines is 2. The molecule has 94 valence electrons. The van der Waals surface area contributed by atoms with Gasteiger partial charge < -0.3 is 10.2 Å². The van der Waals surface area contributed by atoms with Crippen molar-refractivity contribution in [1.82, 2.24) is 9.97 Å². The molecule has 2 unspecified atom stereocenters. The van der Waals surface area contributed by atoms with E-state index in [1.54, 1.807) is 6.20 Å². The Morgan fingerprint density at radius 3 is 2.71 bits per heavy atom. The Labute approximate surface area is 107 Å². The van der Waals surface area contributed by atoms with Gasteiger partial charge in [0.25, 0.3) is 0 Å². The molecule has 17 heavy (non-hydrogen) atoms. The Hall–Kier alpha value is -1.03. The van der Waals surface area contributed by atoms with Crippen molar-refractivity contribution in [2.75, 3.05) is 24.3 Å². The first-order valence-corrected chi connectivity index (χ1v) is 6.26. The van der Waals surface area contributed by atoms with Crippen LogP contribution in [0.15, 0.2) is 12.3 Å². The number of rotatable bonds is 3. The maximum absolute atomic E-state index is 6.20. The minimum absolute atomic E-state index is 0.116. The first kappa shape index (κ1) is 12.4. The molecule has 5 heteroatoms. The Balaban J connectivity index is 2.07. The van der Waals surface area contributed by atoms with Gasteiger partial charge in [0.2, 0.25) is 5.95 Å². The van der Waals surface area contributed by atoms with Gasteiger partial charge in [-0.25, -0.2) is 4.98 Å². The summed E-state index contributed by atoms with van der Waals surface area (Å²) >= 11 is 6.20. The molecular formula is C12H19ClN4. The lowest BCUT2D eigenvalue weighted by Gasteiger charge is -2.49. The van der Waals surface area contributed by atoms with E-state index >= 15 is 0 Å². The van der Waals surface area contributed by atoms with Crippen LogP contribution in [0.4, 0.5) is 11.8 Å². The first-order valence-electron chi connectivity index (χ1n) is 5.82. The van der Waals surface area contributed by atoms with E-state index in [1.165, 1.54) is 0 Å². The predicted octanol–water partition coefficient (Wildman–Crippen LogP) is 2.36. The molecule has 4 nitrogen and oxygen atoms in total. The summed E-state index contributed by atoms with van der Waals surface area (Å²) in [5.74, 6) is 1.58. The number of hydrogen-bond acceptors (Lipinski definition) is 4. The summed E-state index contributed by atoms with van der Waals surface area (Å²) in [6.07, 6.45) is 2.75. The van der Waals surface area contributed by atoms with Gasteiger partial charge in [-0.2, -0.15) is 4.98 Å². The molecule has 0 saturated heterocycles. The van der Waals surface area contributed by atoms with Crippen LogP contribution in [0.2, 0.25) is 0 Å². The highest BCUT2D eigenvalue weighted by Gasteiger charge is 2.47. The fourth-order valence-electron chi connectivity index (χ4n) is 1.94. The molecule has 0 spiro atoms. The summed E-state index contributed by atoms with van der Waals surface area (Å²) in [7, 11) is 3.86. The molecular weight excluding hydrogens is 236 g/mol. The second-order valence-electron chi connectivity index (χ2n) is 5.36. The summed E-state index contributed by atoms with van der Waals surface area (Å²) in [6, 6.07) is 2.28. The van der Waals surface area contributed by atoms with Crippen LogP contribution in [-0.4, -0.2) is 35.5 Å². The molecule has 0 amide bonds. The summed E-state index contributed by atoms with van der Waals surface area (Å²) in [4.78, 5) is 10.5. The fourth-order valence-corrected chi connectivity index (χ4v) is 2.27. The third-order valence-corrected chi connectivity index (χ3v) is 4.25. The zero-order valence-corrected chi connectivity index (χ0v) is 11.5. The summed E-state index contributed by atoms with van der Waals surface area (Å²) < 4.78 is 0. The van der Waals surface area contributed by atoms with Crippen molar-refractivity contribution in [1.29, 1.82) is 0 Å². The number of nitrogens with zero attached hydrogens (tertiary/aromatic N) is 3. The van der Waals surface area contributed by atoms with Crippen LogP contribution < -0.4 is 10.2 Å². The standard InChI is InChI=1S/C12H19ClN4/c1-12(2)8(13)7-9(12)15-10-5-6-14-11(16-10)17(3)4/h5-6,8-9H,7H2,1-4H3,(H,14,15,16). The minimum atomic E-state index is 0.116. The van der Waals surface area contributed by atoms with Crippen molar-refractivity contribution < 1.29 is 0 Å². The fraction of sp³-hybridized carbons (Fsp3) is 0.667. The molecule has 0 aliphatic heterocycles. The predicted molar refractivity (Wildman–Crippen MR) is 71.8 cm³/mol. The van der Waals surface area contributed by atoms with Gasteiger partial charge in [-0.3, -0.25) is 0 Å². The van der Waals surface area contributed by atoms with Gasteiger partial charge in [-0.05, 0) is 12.5 Å². The lowest BCUT2D eigenvalue weighted by Crippen LogP contribution is -2.54. The number of nitrogens with one attached hydrogen (secondary N) is 1. The van der Waals surface area contributed by atoms with Crippen LogP contribution in [0.1, 0.15) is 20.3 Å². The van der Waals surface area contributed by atoms with Crippen LogP contribution in [0.25, 0.3) is 0 Å². The molecule has 1 heterocycles. The van der Waals surface area contributed by atoms with E-state index in [-0.39, 0.29) is 10.8 Å². The lowest BCUT2D eigenvalue weighted by molar-refractivity contribution is 0.168. The van der Waals surface area contributed by atoms with Crippen LogP contribution in [0, 0.1) is 5.41 Å². The van der Waals surface area contributed by atoms with Crippen molar-refractivity contribution in [3.63, 3.8) is 0 Å². The molecule has 2 atom stereocenters. The Morgan fingerprint density at radius 1 is 1.47 bits per heavy atom. The van der Waals surface area contributed by atoms with E-state index < -0.39 is 0 Å². The molecule has 1 aliphatic carbocycles. The van der Waals surface area contributed by atoms with Crippen molar-refractivity contribution in [2.45, 2.75) is 31.7 Å². The number of aromatic nitrogens is 2. The maximum Gasteiger partial charge on any atom is 0.226 e. The molecule has 0 aromatic carbocycles. The van der Waals surface area contributed by atoms with E-state index in [0.717, 1.165) is 18.2 Å². The Bertz CT molecular complexity index is 405. The molecule has 1 aromatic rings. The zero-order valence-electron chi connectivity index (χ0n) is 10.7. The highest BCUT2D eigenvalue weighted by molar-refractivity contribution is 6.21. The second kappa shape index (κ2) is 4.33. The van der Waals surface area contributed by atoms with Crippen molar-refractivity contribution in [3.05, 3.63) is 12.3 Å². The van der Waals surface area contributed by atoms with Gasteiger partial charge in [0.05, 0.1) is 0 Å². The molecule has 1 aromatic heterocycles. The largest absolute Gasteiger partial charge is 0.367 e. The van der Waals surface area contributed by atoms with Gasteiger partial charge in [-0.15, -0.1) is 11.6 Å². The molecule has 0 radical (unpaired) electrons. The highest BCUT2D eigenvalue weighted by Crippen LogP contribution is 2.45. The highest BCUT2D eigenvalue weighted by atomic mass is 35.5. The second-order valence-corrected chi connectivity index (χ2v) is 5.88. The van der Waals surface area contributed by atoms with Crippen LogP contribution in [0.3, 0.4) is 0 Å². The van der Waals surface area contributed by atoms with Crippen LogP contribution >= 0.6 is 11.6 Å². The minimum Gasteiger partial charge on any atom is -0.367 e. The van der Waals surface area contributed by atoms with E-state index in [9.17, 15) is 0 Å². The quantitative estimate of drug-likeness (QED) is 0.841. The summed E-state index contributed by atoms with van der Waals surface area (Å²) in [6.45, 7) is 4.36. The van der Waals surface area contributed by atoms with Crippen molar-refractivity contribution >= 4 is 23.4 Å². The van der Waals surface area contributed by atoms with E-state index in [2.05, 4.69) is 29.1 Å². The van der Waals surface area contributed by atoms with Gasteiger partial charge in [0.1, 0.15) is 5.82 Å². The third-order valence-electron chi connectivity index (χ3n) is 3.51. The van der Waals surface area contributed by atoms with Gasteiger partial charge in [0, 0.05) is 37.1 Å². The molecule has 1 aliphatic rings. The summed E-state index contributed by atoms with van der Waals surface area (Å²) in [5.41, 5.74) is 0.116. The SMILES string of the molecule is CN(C)c1nccc(NC2CC(Cl)C2(C)C)n1. The monoisotopic (exact) mass is 254 g/mol. The Kier molecular flexibility index (Phi) is 3.17. The smallest absolute Gasteiger partial charge is 0.226 e. The normalized spacial score (nSPS) is 26.2. The lowest BCUT2D eigenvalue weighted by atomic mass is 9.67. The number of alkyl halides is 1. The summed E-state index contributed by atoms with van der Waals surface area (Å²) in [5, 5.41) is 3.68. The molecule has 1 saturated carbocycles. The van der Waals surface area contributed by atoms with Gasteiger partial charge in [0.15, 0.2) is 0 Å². The number of hydrogen-bond donors (Lipinski definition) is 1. The first-order chi connectivity index (χ1) is 7.91. The van der Waals surface area contributed by atoms with Crippen molar-refractivity contribution in [3.8, 4) is 0 Å². The average molecular weight is 255 g/mol. The molecule has 0 bridgehead atoms. The molecule has 1 N–H and O–H groups in total. The average Bonchev–Trinajstić information content (AvgIpc) is 2.29. The van der Waals surface area contributed by atoms with Crippen LogP contribution in [-0.2, 0) is 0 Å². The molecule has 2 rings (SSSR count). The van der Waals surface area contributed by atoms with E-state index in [0.29, 0.717) is 6.04 Å². The Morgan fingerprint density at radius 2 is 2.18 bits per heavy atom. The zero-order chi connectivity index (χ0) is 12.6. The third kappa shape index (κ3) is 2.32. The van der Waals surface area contributed by atoms with E-state index in [4.69, 9.17) is 11.6 Å².